The Bertz CT molecular complexity index is 1100. The number of hydrogen-bond acceptors (Lipinski definition) is 4. The molecule has 0 atom stereocenters. The second-order valence-electron chi connectivity index (χ2n) is 7.28. The maximum Gasteiger partial charge on any atom is 0.130 e. The van der Waals surface area contributed by atoms with Crippen LogP contribution in [0.4, 0.5) is 0 Å². The zero-order valence-electron chi connectivity index (χ0n) is 17.3. The molecule has 4 aromatic carbocycles. The quantitative estimate of drug-likeness (QED) is 0.468. The topological polar surface area (TPSA) is 58.9 Å². The second-order valence-corrected chi connectivity index (χ2v) is 7.28. The molecule has 2 N–H and O–H groups in total. The number of fused-ring (bicyclic) bond motifs is 2. The summed E-state index contributed by atoms with van der Waals surface area (Å²) in [6.07, 6.45) is 0.995. The summed E-state index contributed by atoms with van der Waals surface area (Å²) in [4.78, 5) is 0. The van der Waals surface area contributed by atoms with Crippen LogP contribution in [0.1, 0.15) is 11.1 Å². The number of aliphatic hydroxyl groups is 2. The summed E-state index contributed by atoms with van der Waals surface area (Å²) in [6.45, 7) is 0.0765. The summed E-state index contributed by atoms with van der Waals surface area (Å²) in [5.41, 5.74) is 3.80. The van der Waals surface area contributed by atoms with Crippen LogP contribution in [0, 0.1) is 0 Å². The third-order valence-corrected chi connectivity index (χ3v) is 5.58. The van der Waals surface area contributed by atoms with Gasteiger partial charge in [0, 0.05) is 24.3 Å². The number of aliphatic hydroxyl groups excluding tert-OH is 2. The molecule has 0 unspecified atom stereocenters. The summed E-state index contributed by atoms with van der Waals surface area (Å²) >= 11 is 0. The largest absolute Gasteiger partial charge is 0.496 e. The van der Waals surface area contributed by atoms with Crippen molar-refractivity contribution in [3.8, 4) is 22.6 Å². The van der Waals surface area contributed by atoms with E-state index in [1.807, 2.05) is 24.3 Å². The first kappa shape index (κ1) is 20.2. The monoisotopic (exact) mass is 402 g/mol. The van der Waals surface area contributed by atoms with Crippen LogP contribution in [0.2, 0.25) is 0 Å². The molecular weight excluding hydrogens is 376 g/mol. The molecule has 0 radical (unpaired) electrons. The van der Waals surface area contributed by atoms with Crippen molar-refractivity contribution in [3.63, 3.8) is 0 Å². The second kappa shape index (κ2) is 8.74. The van der Waals surface area contributed by atoms with E-state index in [0.717, 1.165) is 55.3 Å². The van der Waals surface area contributed by atoms with E-state index < -0.39 is 0 Å². The Kier molecular flexibility index (Phi) is 5.88. The highest BCUT2D eigenvalue weighted by atomic mass is 16.5. The maximum atomic E-state index is 9.65. The van der Waals surface area contributed by atoms with E-state index in [4.69, 9.17) is 9.47 Å². The van der Waals surface area contributed by atoms with Crippen molar-refractivity contribution in [2.45, 2.75) is 12.8 Å². The van der Waals surface area contributed by atoms with Gasteiger partial charge in [0.05, 0.1) is 14.2 Å². The van der Waals surface area contributed by atoms with Crippen molar-refractivity contribution in [3.05, 3.63) is 71.8 Å². The van der Waals surface area contributed by atoms with Gasteiger partial charge in [-0.25, -0.2) is 0 Å². The first-order chi connectivity index (χ1) is 14.7. The van der Waals surface area contributed by atoms with Crippen molar-refractivity contribution in [1.82, 2.24) is 0 Å². The van der Waals surface area contributed by atoms with Gasteiger partial charge in [0.1, 0.15) is 11.5 Å². The molecule has 0 fully saturated rings. The molecular formula is C26H26O4. The van der Waals surface area contributed by atoms with Gasteiger partial charge in [-0.15, -0.1) is 0 Å². The molecule has 154 valence electrons. The van der Waals surface area contributed by atoms with E-state index in [1.165, 1.54) is 0 Å². The van der Waals surface area contributed by atoms with Crippen LogP contribution >= 0.6 is 0 Å². The Hall–Kier alpha value is -3.08. The first-order valence-electron chi connectivity index (χ1n) is 10.1. The van der Waals surface area contributed by atoms with Crippen LogP contribution in [0.5, 0.6) is 11.5 Å². The fourth-order valence-corrected chi connectivity index (χ4v) is 4.35. The minimum absolute atomic E-state index is 0.0383. The van der Waals surface area contributed by atoms with Gasteiger partial charge in [0.15, 0.2) is 0 Å². The van der Waals surface area contributed by atoms with E-state index in [9.17, 15) is 10.2 Å². The normalized spacial score (nSPS) is 11.2. The molecule has 4 heteroatoms. The molecule has 4 rings (SSSR count). The third kappa shape index (κ3) is 3.38. The molecule has 0 aliphatic rings. The predicted molar refractivity (Wildman–Crippen MR) is 122 cm³/mol. The van der Waals surface area contributed by atoms with E-state index >= 15 is 0 Å². The van der Waals surface area contributed by atoms with Gasteiger partial charge in [-0.1, -0.05) is 48.5 Å². The highest BCUT2D eigenvalue weighted by Crippen LogP contribution is 2.48. The molecule has 0 saturated heterocycles. The lowest BCUT2D eigenvalue weighted by Gasteiger charge is -2.22. The molecule has 0 amide bonds. The molecule has 0 saturated carbocycles. The standard InChI is InChI=1S/C26H26O4/c1-29-25-19(11-13-27)15-17-7-3-5-9-21(17)23(25)24-22-10-6-4-8-18(22)16-20(12-14-28)26(24)30-2/h3-10,15-16,27-28H,11-14H2,1-2H3. The van der Waals surface area contributed by atoms with Gasteiger partial charge in [-0.3, -0.25) is 0 Å². The van der Waals surface area contributed by atoms with Crippen molar-refractivity contribution >= 4 is 21.5 Å². The van der Waals surface area contributed by atoms with E-state index in [-0.39, 0.29) is 13.2 Å². The van der Waals surface area contributed by atoms with Gasteiger partial charge in [-0.2, -0.15) is 0 Å². The molecule has 0 heterocycles. The minimum atomic E-state index is 0.0383. The van der Waals surface area contributed by atoms with Gasteiger partial charge in [-0.05, 0) is 57.6 Å². The summed E-state index contributed by atoms with van der Waals surface area (Å²) in [7, 11) is 3.33. The lowest BCUT2D eigenvalue weighted by molar-refractivity contribution is 0.296. The smallest absolute Gasteiger partial charge is 0.130 e. The Morgan fingerprint density at radius 3 is 1.40 bits per heavy atom. The average molecular weight is 402 g/mol. The lowest BCUT2D eigenvalue weighted by Crippen LogP contribution is -2.03. The summed E-state index contributed by atoms with van der Waals surface area (Å²) < 4.78 is 11.8. The Balaban J connectivity index is 2.22. The number of methoxy groups -OCH3 is 2. The van der Waals surface area contributed by atoms with Crippen LogP contribution in [0.3, 0.4) is 0 Å². The van der Waals surface area contributed by atoms with E-state index in [0.29, 0.717) is 12.8 Å². The van der Waals surface area contributed by atoms with Crippen LogP contribution in [0.25, 0.3) is 32.7 Å². The van der Waals surface area contributed by atoms with Crippen LogP contribution in [0.15, 0.2) is 60.7 Å². The molecule has 30 heavy (non-hydrogen) atoms. The van der Waals surface area contributed by atoms with Crippen molar-refractivity contribution in [1.29, 1.82) is 0 Å². The summed E-state index contributed by atoms with van der Waals surface area (Å²) in [5.74, 6) is 1.49. The number of benzene rings is 4. The molecule has 0 bridgehead atoms. The molecule has 0 aromatic heterocycles. The SMILES string of the molecule is COc1c(CCO)cc2ccccc2c1-c1c(OC)c(CCO)cc2ccccc12. The Morgan fingerprint density at radius 2 is 1.03 bits per heavy atom. The summed E-state index contributed by atoms with van der Waals surface area (Å²) in [5, 5.41) is 23.6. The molecule has 0 aliphatic heterocycles. The molecule has 0 spiro atoms. The molecule has 4 aromatic rings. The highest BCUT2D eigenvalue weighted by molar-refractivity contribution is 6.10. The van der Waals surface area contributed by atoms with Gasteiger partial charge >= 0.3 is 0 Å². The minimum Gasteiger partial charge on any atom is -0.496 e. The fourth-order valence-electron chi connectivity index (χ4n) is 4.35. The van der Waals surface area contributed by atoms with Crippen molar-refractivity contribution in [2.24, 2.45) is 0 Å². The lowest BCUT2D eigenvalue weighted by atomic mass is 9.88. The zero-order valence-corrected chi connectivity index (χ0v) is 17.3. The van der Waals surface area contributed by atoms with E-state index in [1.54, 1.807) is 14.2 Å². The Morgan fingerprint density at radius 1 is 0.633 bits per heavy atom. The van der Waals surface area contributed by atoms with Gasteiger partial charge < -0.3 is 19.7 Å². The zero-order chi connectivity index (χ0) is 21.1. The van der Waals surface area contributed by atoms with Crippen molar-refractivity contribution in [2.75, 3.05) is 27.4 Å². The van der Waals surface area contributed by atoms with Crippen molar-refractivity contribution < 1.29 is 19.7 Å². The fraction of sp³-hybridized carbons (Fsp3) is 0.231. The number of rotatable bonds is 7. The van der Waals surface area contributed by atoms with Crippen LogP contribution in [-0.4, -0.2) is 37.6 Å². The van der Waals surface area contributed by atoms with Crippen LogP contribution < -0.4 is 9.47 Å². The maximum absolute atomic E-state index is 9.65. The third-order valence-electron chi connectivity index (χ3n) is 5.58. The predicted octanol–water partition coefficient (Wildman–Crippen LogP) is 4.75. The number of hydrogen-bond donors (Lipinski definition) is 2. The van der Waals surface area contributed by atoms with Crippen LogP contribution in [-0.2, 0) is 12.8 Å². The van der Waals surface area contributed by atoms with E-state index in [2.05, 4.69) is 36.4 Å². The molecule has 0 aliphatic carbocycles. The Labute approximate surface area is 176 Å². The van der Waals surface area contributed by atoms with Gasteiger partial charge in [0.25, 0.3) is 0 Å². The average Bonchev–Trinajstić information content (AvgIpc) is 2.78. The summed E-state index contributed by atoms with van der Waals surface area (Å²) in [6, 6.07) is 20.5. The molecule has 4 nitrogen and oxygen atoms in total. The highest BCUT2D eigenvalue weighted by Gasteiger charge is 2.23. The van der Waals surface area contributed by atoms with Gasteiger partial charge in [0.2, 0.25) is 0 Å². The first-order valence-corrected chi connectivity index (χ1v) is 10.1. The number of ether oxygens (including phenoxy) is 2.